The van der Waals surface area contributed by atoms with Gasteiger partial charge >= 0.3 is 0 Å². The predicted molar refractivity (Wildman–Crippen MR) is 69.1 cm³/mol. The maximum atomic E-state index is 6.16. The lowest BCUT2D eigenvalue weighted by atomic mass is 10.2. The Morgan fingerprint density at radius 1 is 1.20 bits per heavy atom. The zero-order valence-electron chi connectivity index (χ0n) is 8.37. The van der Waals surface area contributed by atoms with E-state index in [0.717, 1.165) is 15.6 Å². The smallest absolute Gasteiger partial charge is 0.0931 e. The molecule has 0 aliphatic heterocycles. The van der Waals surface area contributed by atoms with Gasteiger partial charge in [0.05, 0.1) is 10.4 Å². The monoisotopic (exact) mass is 257 g/mol. The van der Waals surface area contributed by atoms with E-state index in [1.807, 2.05) is 12.1 Å². The van der Waals surface area contributed by atoms with Gasteiger partial charge in [-0.25, -0.2) is 0 Å². The molecule has 4 heteroatoms. The Bertz CT molecular complexity index is 447. The van der Waals surface area contributed by atoms with Crippen molar-refractivity contribution < 1.29 is 0 Å². The molecule has 0 aliphatic carbocycles. The third-order valence-corrected chi connectivity index (χ3v) is 4.86. The maximum Gasteiger partial charge on any atom is 0.0931 e. The maximum absolute atomic E-state index is 6.16. The average molecular weight is 258 g/mol. The van der Waals surface area contributed by atoms with E-state index >= 15 is 0 Å². The molecule has 0 fully saturated rings. The molecule has 0 aromatic carbocycles. The largest absolute Gasteiger partial charge is 0.319 e. The van der Waals surface area contributed by atoms with Crippen LogP contribution in [-0.4, -0.2) is 0 Å². The van der Waals surface area contributed by atoms with Crippen LogP contribution in [-0.2, 0) is 6.42 Å². The fraction of sp³-hybridized carbons (Fsp3) is 0.273. The Balaban J connectivity index is 2.23. The standard InChI is InChI=1S/C11H12ClNS2/c1-2-7-3-4-8(14-7)11(13)9-5-6-10(12)15-9/h3-6,11H,2,13H2,1H3. The molecule has 2 aromatic heterocycles. The second-order valence-electron chi connectivity index (χ2n) is 3.28. The molecule has 0 aliphatic rings. The van der Waals surface area contributed by atoms with Crippen LogP contribution in [0.15, 0.2) is 24.3 Å². The lowest BCUT2D eigenvalue weighted by Gasteiger charge is -2.05. The van der Waals surface area contributed by atoms with E-state index in [1.54, 1.807) is 22.7 Å². The minimum atomic E-state index is -0.0206. The molecule has 2 N–H and O–H groups in total. The fourth-order valence-corrected chi connectivity index (χ4v) is 3.52. The van der Waals surface area contributed by atoms with Crippen molar-refractivity contribution >= 4 is 34.3 Å². The van der Waals surface area contributed by atoms with Crippen LogP contribution in [0.1, 0.15) is 27.6 Å². The van der Waals surface area contributed by atoms with Crippen molar-refractivity contribution in [3.8, 4) is 0 Å². The molecular formula is C11H12ClNS2. The average Bonchev–Trinajstić information content (AvgIpc) is 2.84. The number of rotatable bonds is 3. The Morgan fingerprint density at radius 2 is 1.87 bits per heavy atom. The predicted octanol–water partition coefficient (Wildman–Crippen LogP) is 4.07. The molecule has 80 valence electrons. The van der Waals surface area contributed by atoms with Crippen LogP contribution in [0.5, 0.6) is 0 Å². The first kappa shape index (κ1) is 11.1. The van der Waals surface area contributed by atoms with Crippen LogP contribution in [0, 0.1) is 0 Å². The molecule has 0 bridgehead atoms. The van der Waals surface area contributed by atoms with Crippen LogP contribution >= 0.6 is 34.3 Å². The van der Waals surface area contributed by atoms with E-state index in [-0.39, 0.29) is 6.04 Å². The van der Waals surface area contributed by atoms with Gasteiger partial charge in [-0.1, -0.05) is 18.5 Å². The summed E-state index contributed by atoms with van der Waals surface area (Å²) in [6.07, 6.45) is 1.07. The molecule has 2 aromatic rings. The van der Waals surface area contributed by atoms with Gasteiger partial charge in [-0.2, -0.15) is 0 Å². The summed E-state index contributed by atoms with van der Waals surface area (Å²) in [4.78, 5) is 3.72. The van der Waals surface area contributed by atoms with Gasteiger partial charge in [0, 0.05) is 14.6 Å². The summed E-state index contributed by atoms with van der Waals surface area (Å²) in [6, 6.07) is 8.14. The molecule has 0 saturated heterocycles. The molecule has 2 heterocycles. The van der Waals surface area contributed by atoms with Crippen molar-refractivity contribution in [2.75, 3.05) is 0 Å². The van der Waals surface area contributed by atoms with Crippen molar-refractivity contribution in [3.05, 3.63) is 43.2 Å². The molecule has 1 unspecified atom stereocenters. The Hall–Kier alpha value is -0.350. The number of hydrogen-bond donors (Lipinski definition) is 1. The highest BCUT2D eigenvalue weighted by Crippen LogP contribution is 2.32. The summed E-state index contributed by atoms with van der Waals surface area (Å²) in [5.74, 6) is 0. The minimum absolute atomic E-state index is 0.0206. The van der Waals surface area contributed by atoms with E-state index in [2.05, 4.69) is 19.1 Å². The van der Waals surface area contributed by atoms with Crippen molar-refractivity contribution in [1.29, 1.82) is 0 Å². The van der Waals surface area contributed by atoms with Gasteiger partial charge in [0.25, 0.3) is 0 Å². The van der Waals surface area contributed by atoms with Gasteiger partial charge in [-0.15, -0.1) is 22.7 Å². The third kappa shape index (κ3) is 2.42. The van der Waals surface area contributed by atoms with Gasteiger partial charge in [0.2, 0.25) is 0 Å². The van der Waals surface area contributed by atoms with Crippen molar-refractivity contribution in [1.82, 2.24) is 0 Å². The van der Waals surface area contributed by atoms with Gasteiger partial charge in [-0.05, 0) is 30.7 Å². The molecule has 0 spiro atoms. The Labute approximate surface area is 103 Å². The van der Waals surface area contributed by atoms with Crippen molar-refractivity contribution in [2.45, 2.75) is 19.4 Å². The van der Waals surface area contributed by atoms with Gasteiger partial charge in [0.15, 0.2) is 0 Å². The highest BCUT2D eigenvalue weighted by Gasteiger charge is 2.13. The number of aryl methyl sites for hydroxylation is 1. The molecule has 0 radical (unpaired) electrons. The second kappa shape index (κ2) is 4.66. The van der Waals surface area contributed by atoms with Crippen LogP contribution in [0.2, 0.25) is 4.34 Å². The summed E-state index contributed by atoms with van der Waals surface area (Å²) in [6.45, 7) is 2.16. The topological polar surface area (TPSA) is 26.0 Å². The van der Waals surface area contributed by atoms with E-state index in [0.29, 0.717) is 0 Å². The first-order valence-corrected chi connectivity index (χ1v) is 6.81. The normalized spacial score (nSPS) is 13.0. The number of nitrogens with two attached hydrogens (primary N) is 1. The van der Waals surface area contributed by atoms with E-state index in [4.69, 9.17) is 17.3 Å². The summed E-state index contributed by atoms with van der Waals surface area (Å²) in [5.41, 5.74) is 6.16. The highest BCUT2D eigenvalue weighted by molar-refractivity contribution is 7.16. The zero-order chi connectivity index (χ0) is 10.8. The summed E-state index contributed by atoms with van der Waals surface area (Å²) >= 11 is 9.23. The van der Waals surface area contributed by atoms with E-state index in [9.17, 15) is 0 Å². The number of halogens is 1. The lowest BCUT2D eigenvalue weighted by Crippen LogP contribution is -2.07. The molecule has 0 amide bonds. The second-order valence-corrected chi connectivity index (χ2v) is 6.22. The number of hydrogen-bond acceptors (Lipinski definition) is 3. The zero-order valence-corrected chi connectivity index (χ0v) is 10.8. The molecule has 0 saturated carbocycles. The minimum Gasteiger partial charge on any atom is -0.319 e. The quantitative estimate of drug-likeness (QED) is 0.881. The molecule has 1 atom stereocenters. The van der Waals surface area contributed by atoms with E-state index in [1.165, 1.54) is 9.75 Å². The Morgan fingerprint density at radius 3 is 2.40 bits per heavy atom. The van der Waals surface area contributed by atoms with Crippen molar-refractivity contribution in [3.63, 3.8) is 0 Å². The fourth-order valence-electron chi connectivity index (χ4n) is 1.39. The first-order valence-electron chi connectivity index (χ1n) is 4.80. The van der Waals surface area contributed by atoms with Gasteiger partial charge in [-0.3, -0.25) is 0 Å². The molecule has 2 rings (SSSR count). The highest BCUT2D eigenvalue weighted by atomic mass is 35.5. The SMILES string of the molecule is CCc1ccc(C(N)c2ccc(Cl)s2)s1. The lowest BCUT2D eigenvalue weighted by molar-refractivity contribution is 0.917. The Kier molecular flexibility index (Phi) is 3.46. The van der Waals surface area contributed by atoms with Gasteiger partial charge < -0.3 is 5.73 Å². The molecule has 1 nitrogen and oxygen atoms in total. The molecular weight excluding hydrogens is 246 g/mol. The third-order valence-electron chi connectivity index (χ3n) is 2.24. The van der Waals surface area contributed by atoms with Crippen molar-refractivity contribution in [2.24, 2.45) is 5.73 Å². The molecule has 15 heavy (non-hydrogen) atoms. The van der Waals surface area contributed by atoms with Crippen LogP contribution < -0.4 is 5.73 Å². The van der Waals surface area contributed by atoms with Crippen LogP contribution in [0.4, 0.5) is 0 Å². The summed E-state index contributed by atoms with van der Waals surface area (Å²) in [5, 5.41) is 0. The first-order chi connectivity index (χ1) is 7.20. The summed E-state index contributed by atoms with van der Waals surface area (Å²) < 4.78 is 0.799. The number of thiophene rings is 2. The van der Waals surface area contributed by atoms with Crippen LogP contribution in [0.25, 0.3) is 0 Å². The summed E-state index contributed by atoms with van der Waals surface area (Å²) in [7, 11) is 0. The van der Waals surface area contributed by atoms with E-state index < -0.39 is 0 Å². The van der Waals surface area contributed by atoms with Gasteiger partial charge in [0.1, 0.15) is 0 Å². The van der Waals surface area contributed by atoms with Crippen LogP contribution in [0.3, 0.4) is 0 Å².